The number of aliphatic imine (C=N–C) groups is 1. The SMILES string of the molecule is C/C=C\C(C)/C(=N\C(=N)N(CCN)CCCC)N1CCN(C(C)(C)C)CC1. The van der Waals surface area contributed by atoms with E-state index in [1.807, 2.05) is 11.8 Å². The van der Waals surface area contributed by atoms with Gasteiger partial charge in [-0.2, -0.15) is 4.99 Å². The Kier molecular flexibility index (Phi) is 10.0. The van der Waals surface area contributed by atoms with Crippen LogP contribution in [0.15, 0.2) is 17.1 Å². The summed E-state index contributed by atoms with van der Waals surface area (Å²) in [6, 6.07) is 0. The minimum absolute atomic E-state index is 0.197. The number of amidine groups is 1. The van der Waals surface area contributed by atoms with E-state index in [1.165, 1.54) is 0 Å². The monoisotopic (exact) mass is 378 g/mol. The van der Waals surface area contributed by atoms with Crippen LogP contribution >= 0.6 is 0 Å². The summed E-state index contributed by atoms with van der Waals surface area (Å²) in [6.07, 6.45) is 6.40. The third-order valence-electron chi connectivity index (χ3n) is 5.14. The number of nitrogens with two attached hydrogens (primary N) is 1. The van der Waals surface area contributed by atoms with Gasteiger partial charge in [0.15, 0.2) is 0 Å². The number of nitrogens with zero attached hydrogens (tertiary/aromatic N) is 4. The van der Waals surface area contributed by atoms with Crippen molar-refractivity contribution in [2.45, 2.75) is 59.9 Å². The number of unbranched alkanes of at least 4 members (excludes halogenated alkanes) is 1. The van der Waals surface area contributed by atoms with Gasteiger partial charge in [-0.05, 0) is 34.1 Å². The van der Waals surface area contributed by atoms with Gasteiger partial charge in [-0.15, -0.1) is 0 Å². The molecule has 0 spiro atoms. The van der Waals surface area contributed by atoms with Crippen LogP contribution < -0.4 is 5.73 Å². The number of allylic oxidation sites excluding steroid dienone is 1. The van der Waals surface area contributed by atoms with Crippen molar-refractivity contribution in [3.05, 3.63) is 12.2 Å². The number of nitrogens with one attached hydrogen (secondary N) is 1. The molecule has 0 radical (unpaired) electrons. The first kappa shape index (κ1) is 23.6. The summed E-state index contributed by atoms with van der Waals surface area (Å²) in [7, 11) is 0. The Balaban J connectivity index is 2.96. The van der Waals surface area contributed by atoms with Crippen molar-refractivity contribution >= 4 is 11.8 Å². The van der Waals surface area contributed by atoms with Crippen LogP contribution in [0.5, 0.6) is 0 Å². The average Bonchev–Trinajstić information content (AvgIpc) is 2.62. The molecular weight excluding hydrogens is 336 g/mol. The first-order chi connectivity index (χ1) is 12.7. The highest BCUT2D eigenvalue weighted by Crippen LogP contribution is 2.18. The van der Waals surface area contributed by atoms with E-state index in [1.54, 1.807) is 0 Å². The van der Waals surface area contributed by atoms with E-state index in [-0.39, 0.29) is 11.5 Å². The molecule has 0 aliphatic carbocycles. The number of hydrogen-bond acceptors (Lipinski definition) is 3. The van der Waals surface area contributed by atoms with E-state index >= 15 is 0 Å². The van der Waals surface area contributed by atoms with Gasteiger partial charge in [0.25, 0.3) is 0 Å². The lowest BCUT2D eigenvalue weighted by Crippen LogP contribution is -2.55. The van der Waals surface area contributed by atoms with Crippen LogP contribution in [0.1, 0.15) is 54.4 Å². The van der Waals surface area contributed by atoms with Gasteiger partial charge in [-0.3, -0.25) is 10.3 Å². The quantitative estimate of drug-likeness (QED) is 0.406. The van der Waals surface area contributed by atoms with Crippen molar-refractivity contribution in [1.82, 2.24) is 14.7 Å². The highest BCUT2D eigenvalue weighted by molar-refractivity contribution is 5.96. The first-order valence-electron chi connectivity index (χ1n) is 10.5. The number of hydrogen-bond donors (Lipinski definition) is 2. The zero-order valence-corrected chi connectivity index (χ0v) is 18.5. The summed E-state index contributed by atoms with van der Waals surface area (Å²) < 4.78 is 0. The van der Waals surface area contributed by atoms with E-state index in [9.17, 15) is 0 Å². The topological polar surface area (TPSA) is 71.9 Å². The largest absolute Gasteiger partial charge is 0.357 e. The Bertz CT molecular complexity index is 497. The van der Waals surface area contributed by atoms with Gasteiger partial charge in [0.2, 0.25) is 5.96 Å². The van der Waals surface area contributed by atoms with E-state index in [0.29, 0.717) is 19.0 Å². The maximum atomic E-state index is 8.56. The molecule has 6 nitrogen and oxygen atoms in total. The fraction of sp³-hybridized carbons (Fsp3) is 0.810. The van der Waals surface area contributed by atoms with Crippen molar-refractivity contribution in [3.63, 3.8) is 0 Å². The predicted molar refractivity (Wildman–Crippen MR) is 118 cm³/mol. The molecule has 1 aliphatic rings. The molecule has 0 amide bonds. The molecule has 6 heteroatoms. The first-order valence-corrected chi connectivity index (χ1v) is 10.5. The van der Waals surface area contributed by atoms with Gasteiger partial charge < -0.3 is 15.5 Å². The van der Waals surface area contributed by atoms with Gasteiger partial charge in [-0.25, -0.2) is 0 Å². The second-order valence-corrected chi connectivity index (χ2v) is 8.38. The van der Waals surface area contributed by atoms with Gasteiger partial charge in [0, 0.05) is 57.3 Å². The predicted octanol–water partition coefficient (Wildman–Crippen LogP) is 3.01. The Morgan fingerprint density at radius 1 is 1.22 bits per heavy atom. The highest BCUT2D eigenvalue weighted by Gasteiger charge is 2.28. The second-order valence-electron chi connectivity index (χ2n) is 8.38. The molecule has 0 aromatic rings. The summed E-state index contributed by atoms with van der Waals surface area (Å²) in [5, 5.41) is 8.56. The summed E-state index contributed by atoms with van der Waals surface area (Å²) >= 11 is 0. The Morgan fingerprint density at radius 2 is 1.85 bits per heavy atom. The molecule has 1 atom stereocenters. The average molecular weight is 379 g/mol. The summed E-state index contributed by atoms with van der Waals surface area (Å²) in [5.41, 5.74) is 5.96. The molecule has 27 heavy (non-hydrogen) atoms. The second kappa shape index (κ2) is 11.4. The van der Waals surface area contributed by atoms with Crippen molar-refractivity contribution in [2.24, 2.45) is 16.6 Å². The van der Waals surface area contributed by atoms with Crippen LogP contribution in [0, 0.1) is 11.3 Å². The lowest BCUT2D eigenvalue weighted by molar-refractivity contribution is 0.0871. The van der Waals surface area contributed by atoms with Crippen LogP contribution in [0.25, 0.3) is 0 Å². The van der Waals surface area contributed by atoms with Crippen LogP contribution in [0.3, 0.4) is 0 Å². The Hall–Kier alpha value is -1.40. The fourth-order valence-corrected chi connectivity index (χ4v) is 3.45. The van der Waals surface area contributed by atoms with E-state index < -0.39 is 0 Å². The third-order valence-corrected chi connectivity index (χ3v) is 5.14. The normalized spacial score (nSPS) is 18.2. The summed E-state index contributed by atoms with van der Waals surface area (Å²) in [6.45, 7) is 19.2. The molecule has 3 N–H and O–H groups in total. The van der Waals surface area contributed by atoms with E-state index in [4.69, 9.17) is 16.1 Å². The Morgan fingerprint density at radius 3 is 2.33 bits per heavy atom. The van der Waals surface area contributed by atoms with Crippen molar-refractivity contribution in [2.75, 3.05) is 45.8 Å². The minimum atomic E-state index is 0.197. The van der Waals surface area contributed by atoms with E-state index in [2.05, 4.69) is 56.6 Å². The summed E-state index contributed by atoms with van der Waals surface area (Å²) in [5.74, 6) is 1.55. The molecule has 1 heterocycles. The van der Waals surface area contributed by atoms with Crippen molar-refractivity contribution < 1.29 is 0 Å². The van der Waals surface area contributed by atoms with Gasteiger partial charge in [-0.1, -0.05) is 32.4 Å². The Labute approximate surface area is 167 Å². The van der Waals surface area contributed by atoms with Crippen molar-refractivity contribution in [3.8, 4) is 0 Å². The molecule has 0 saturated carbocycles. The molecule has 0 bridgehead atoms. The van der Waals surface area contributed by atoms with Gasteiger partial charge >= 0.3 is 0 Å². The van der Waals surface area contributed by atoms with Crippen LogP contribution in [-0.2, 0) is 0 Å². The van der Waals surface area contributed by atoms with Gasteiger partial charge in [0.05, 0.1) is 0 Å². The molecule has 156 valence electrons. The molecule has 1 unspecified atom stereocenters. The standard InChI is InChI=1S/C21H42N6/c1-7-9-12-26(13-11-22)20(23)24-19(18(3)10-8-2)25-14-16-27(17-15-25)21(4,5)6/h8,10,18,23H,7,9,11-17,22H2,1-6H3/b10-8-,23-20?,24-19+. The zero-order valence-electron chi connectivity index (χ0n) is 18.5. The number of guanidine groups is 1. The zero-order chi connectivity index (χ0) is 20.4. The lowest BCUT2D eigenvalue weighted by atomic mass is 10.0. The molecule has 0 aromatic carbocycles. The third kappa shape index (κ3) is 7.62. The van der Waals surface area contributed by atoms with Crippen LogP contribution in [0.4, 0.5) is 0 Å². The summed E-state index contributed by atoms with van der Waals surface area (Å²) in [4.78, 5) is 11.7. The van der Waals surface area contributed by atoms with E-state index in [0.717, 1.165) is 51.4 Å². The minimum Gasteiger partial charge on any atom is -0.357 e. The fourth-order valence-electron chi connectivity index (χ4n) is 3.45. The lowest BCUT2D eigenvalue weighted by Gasteiger charge is -2.43. The van der Waals surface area contributed by atoms with Crippen LogP contribution in [0.2, 0.25) is 0 Å². The molecule has 1 saturated heterocycles. The molecule has 0 aromatic heterocycles. The molecule has 1 rings (SSSR count). The number of rotatable bonds is 7. The van der Waals surface area contributed by atoms with Crippen LogP contribution in [-0.4, -0.2) is 77.8 Å². The maximum absolute atomic E-state index is 8.56. The molecular formula is C21H42N6. The van der Waals surface area contributed by atoms with Gasteiger partial charge in [0.1, 0.15) is 5.84 Å². The molecule has 1 aliphatic heterocycles. The van der Waals surface area contributed by atoms with Crippen molar-refractivity contribution in [1.29, 1.82) is 5.41 Å². The number of piperazine rings is 1. The highest BCUT2D eigenvalue weighted by atomic mass is 15.3. The smallest absolute Gasteiger partial charge is 0.219 e. The molecule has 1 fully saturated rings. The maximum Gasteiger partial charge on any atom is 0.219 e.